The zero-order chi connectivity index (χ0) is 14.8. The summed E-state index contributed by atoms with van der Waals surface area (Å²) >= 11 is 0. The zero-order valence-corrected chi connectivity index (χ0v) is 13.0. The lowest BCUT2D eigenvalue weighted by Crippen LogP contribution is -2.39. The van der Waals surface area contributed by atoms with Gasteiger partial charge in [-0.25, -0.2) is 0 Å². The van der Waals surface area contributed by atoms with Gasteiger partial charge >= 0.3 is 5.97 Å². The number of carbonyl (C=O) groups is 1. The molecular weight excluding hydrogens is 258 g/mol. The van der Waals surface area contributed by atoms with E-state index in [-0.39, 0.29) is 18.1 Å². The lowest BCUT2D eigenvalue weighted by Gasteiger charge is -2.28. The SMILES string of the molecule is CCCNC(CCOC1CCCC(OC)C1)C(=O)OC. The Morgan fingerprint density at radius 1 is 1.30 bits per heavy atom. The van der Waals surface area contributed by atoms with Crippen molar-refractivity contribution in [3.8, 4) is 0 Å². The van der Waals surface area contributed by atoms with E-state index < -0.39 is 0 Å². The van der Waals surface area contributed by atoms with Gasteiger partial charge in [0.2, 0.25) is 0 Å². The second kappa shape index (κ2) is 10.1. The molecule has 3 unspecified atom stereocenters. The van der Waals surface area contributed by atoms with Crippen molar-refractivity contribution < 1.29 is 19.0 Å². The highest BCUT2D eigenvalue weighted by Gasteiger charge is 2.23. The summed E-state index contributed by atoms with van der Waals surface area (Å²) in [5.74, 6) is -0.208. The Morgan fingerprint density at radius 3 is 2.70 bits per heavy atom. The third kappa shape index (κ3) is 6.20. The minimum atomic E-state index is -0.262. The number of hydrogen-bond donors (Lipinski definition) is 1. The molecule has 0 aromatic carbocycles. The maximum Gasteiger partial charge on any atom is 0.322 e. The van der Waals surface area contributed by atoms with Crippen molar-refractivity contribution in [2.75, 3.05) is 27.4 Å². The molecule has 0 radical (unpaired) electrons. The van der Waals surface area contributed by atoms with E-state index in [0.29, 0.717) is 19.1 Å². The second-order valence-corrected chi connectivity index (χ2v) is 5.34. The lowest BCUT2D eigenvalue weighted by atomic mass is 9.95. The molecule has 0 heterocycles. The minimum Gasteiger partial charge on any atom is -0.468 e. The molecule has 0 aromatic heterocycles. The molecule has 1 saturated carbocycles. The van der Waals surface area contributed by atoms with Crippen LogP contribution in [-0.4, -0.2) is 51.6 Å². The van der Waals surface area contributed by atoms with Crippen LogP contribution in [0.4, 0.5) is 0 Å². The molecule has 118 valence electrons. The minimum absolute atomic E-state index is 0.208. The van der Waals surface area contributed by atoms with E-state index in [1.54, 1.807) is 7.11 Å². The highest BCUT2D eigenvalue weighted by molar-refractivity contribution is 5.75. The van der Waals surface area contributed by atoms with E-state index in [0.717, 1.165) is 38.6 Å². The molecule has 1 N–H and O–H groups in total. The maximum absolute atomic E-state index is 11.6. The predicted octanol–water partition coefficient (Wildman–Crippen LogP) is 1.89. The quantitative estimate of drug-likeness (QED) is 0.656. The van der Waals surface area contributed by atoms with Crippen LogP contribution in [0.3, 0.4) is 0 Å². The van der Waals surface area contributed by atoms with Gasteiger partial charge in [-0.2, -0.15) is 0 Å². The molecule has 1 aliphatic rings. The summed E-state index contributed by atoms with van der Waals surface area (Å²) in [6.07, 6.45) is 6.55. The van der Waals surface area contributed by atoms with Crippen LogP contribution in [0.2, 0.25) is 0 Å². The van der Waals surface area contributed by atoms with Crippen LogP contribution >= 0.6 is 0 Å². The van der Waals surface area contributed by atoms with Crippen molar-refractivity contribution in [2.24, 2.45) is 0 Å². The van der Waals surface area contributed by atoms with Crippen LogP contribution < -0.4 is 5.32 Å². The van der Waals surface area contributed by atoms with Gasteiger partial charge in [-0.05, 0) is 45.1 Å². The van der Waals surface area contributed by atoms with Gasteiger partial charge in [-0.15, -0.1) is 0 Å². The standard InChI is InChI=1S/C15H29NO4/c1-4-9-16-14(15(17)19-3)8-10-20-13-7-5-6-12(11-13)18-2/h12-14,16H,4-11H2,1-3H3. The molecule has 5 heteroatoms. The van der Waals surface area contributed by atoms with Gasteiger partial charge in [0.15, 0.2) is 0 Å². The van der Waals surface area contributed by atoms with Crippen LogP contribution in [-0.2, 0) is 19.0 Å². The molecule has 1 rings (SSSR count). The van der Waals surface area contributed by atoms with E-state index in [9.17, 15) is 4.79 Å². The van der Waals surface area contributed by atoms with Crippen molar-refractivity contribution in [2.45, 2.75) is 63.7 Å². The summed E-state index contributed by atoms with van der Waals surface area (Å²) in [7, 11) is 3.18. The number of carbonyl (C=O) groups excluding carboxylic acids is 1. The second-order valence-electron chi connectivity index (χ2n) is 5.34. The lowest BCUT2D eigenvalue weighted by molar-refractivity contribution is -0.144. The van der Waals surface area contributed by atoms with Crippen LogP contribution in [0.5, 0.6) is 0 Å². The van der Waals surface area contributed by atoms with E-state index in [2.05, 4.69) is 12.2 Å². The third-order valence-electron chi connectivity index (χ3n) is 3.80. The first-order chi connectivity index (χ1) is 9.71. The summed E-state index contributed by atoms with van der Waals surface area (Å²) in [6, 6.07) is -0.262. The Labute approximate surface area is 122 Å². The first kappa shape index (κ1) is 17.4. The fourth-order valence-electron chi connectivity index (χ4n) is 2.58. The molecule has 3 atom stereocenters. The normalized spacial score (nSPS) is 24.4. The molecule has 0 aromatic rings. The Morgan fingerprint density at radius 2 is 2.05 bits per heavy atom. The van der Waals surface area contributed by atoms with Crippen LogP contribution in [0, 0.1) is 0 Å². The number of nitrogens with one attached hydrogen (secondary N) is 1. The van der Waals surface area contributed by atoms with Gasteiger partial charge in [-0.3, -0.25) is 4.79 Å². The first-order valence-corrected chi connectivity index (χ1v) is 7.66. The molecule has 0 bridgehead atoms. The summed E-state index contributed by atoms with van der Waals surface area (Å²) in [5.41, 5.74) is 0. The van der Waals surface area contributed by atoms with Crippen LogP contribution in [0.1, 0.15) is 45.4 Å². The maximum atomic E-state index is 11.6. The summed E-state index contributed by atoms with van der Waals surface area (Å²) < 4.78 is 16.1. The highest BCUT2D eigenvalue weighted by Crippen LogP contribution is 2.23. The number of rotatable bonds is 9. The number of methoxy groups -OCH3 is 2. The summed E-state index contributed by atoms with van der Waals surface area (Å²) in [4.78, 5) is 11.6. The topological polar surface area (TPSA) is 56.8 Å². The number of ether oxygens (including phenoxy) is 3. The molecule has 0 spiro atoms. The van der Waals surface area contributed by atoms with E-state index in [4.69, 9.17) is 14.2 Å². The molecule has 1 fully saturated rings. The Hall–Kier alpha value is -0.650. The van der Waals surface area contributed by atoms with E-state index in [1.165, 1.54) is 7.11 Å². The van der Waals surface area contributed by atoms with Crippen molar-refractivity contribution in [3.05, 3.63) is 0 Å². The molecule has 0 saturated heterocycles. The first-order valence-electron chi connectivity index (χ1n) is 7.66. The van der Waals surface area contributed by atoms with E-state index >= 15 is 0 Å². The average Bonchev–Trinajstić information content (AvgIpc) is 2.50. The Kier molecular flexibility index (Phi) is 8.82. The van der Waals surface area contributed by atoms with Crippen molar-refractivity contribution in [3.63, 3.8) is 0 Å². The molecule has 20 heavy (non-hydrogen) atoms. The molecule has 0 aliphatic heterocycles. The van der Waals surface area contributed by atoms with Gasteiger partial charge in [0.25, 0.3) is 0 Å². The van der Waals surface area contributed by atoms with Crippen LogP contribution in [0.15, 0.2) is 0 Å². The van der Waals surface area contributed by atoms with Crippen molar-refractivity contribution >= 4 is 5.97 Å². The fourth-order valence-corrected chi connectivity index (χ4v) is 2.58. The van der Waals surface area contributed by atoms with E-state index in [1.807, 2.05) is 0 Å². The summed E-state index contributed by atoms with van der Waals surface area (Å²) in [6.45, 7) is 3.47. The average molecular weight is 287 g/mol. The molecule has 5 nitrogen and oxygen atoms in total. The van der Waals surface area contributed by atoms with Gasteiger partial charge in [0, 0.05) is 13.7 Å². The fraction of sp³-hybridized carbons (Fsp3) is 0.933. The zero-order valence-electron chi connectivity index (χ0n) is 13.0. The predicted molar refractivity (Wildman–Crippen MR) is 77.7 cm³/mol. The van der Waals surface area contributed by atoms with Gasteiger partial charge < -0.3 is 19.5 Å². The number of esters is 1. The molecular formula is C15H29NO4. The highest BCUT2D eigenvalue weighted by atomic mass is 16.5. The van der Waals surface area contributed by atoms with Crippen molar-refractivity contribution in [1.29, 1.82) is 0 Å². The smallest absolute Gasteiger partial charge is 0.322 e. The Balaban J connectivity index is 2.26. The summed E-state index contributed by atoms with van der Waals surface area (Å²) in [5, 5.41) is 3.20. The van der Waals surface area contributed by atoms with Crippen LogP contribution in [0.25, 0.3) is 0 Å². The largest absolute Gasteiger partial charge is 0.468 e. The van der Waals surface area contributed by atoms with Gasteiger partial charge in [0.05, 0.1) is 19.3 Å². The monoisotopic (exact) mass is 287 g/mol. The third-order valence-corrected chi connectivity index (χ3v) is 3.80. The van der Waals surface area contributed by atoms with Crippen molar-refractivity contribution in [1.82, 2.24) is 5.32 Å². The number of hydrogen-bond acceptors (Lipinski definition) is 5. The molecule has 1 aliphatic carbocycles. The molecule has 0 amide bonds. The Bertz CT molecular complexity index is 273. The van der Waals surface area contributed by atoms with Gasteiger partial charge in [-0.1, -0.05) is 6.92 Å². The van der Waals surface area contributed by atoms with Gasteiger partial charge in [0.1, 0.15) is 6.04 Å².